The first kappa shape index (κ1) is 42.6. The molecule has 0 fully saturated rings. The molecule has 0 aliphatic rings. The molecule has 0 spiro atoms. The van der Waals surface area contributed by atoms with E-state index in [1.165, 1.54) is 48.5 Å². The quantitative estimate of drug-likeness (QED) is 0.0864. The molecule has 277 valence electrons. The van der Waals surface area contributed by atoms with E-state index in [9.17, 15) is 9.90 Å². The zero-order valence-corrected chi connectivity index (χ0v) is 36.6. The Hall–Kier alpha value is -2.85. The Morgan fingerprint density at radius 1 is 0.882 bits per heavy atom. The molecule has 0 saturated carbocycles. The van der Waals surface area contributed by atoms with Crippen LogP contribution in [0.25, 0.3) is 43.0 Å². The molecule has 0 atom stereocenters. The third kappa shape index (κ3) is 9.21. The monoisotopic (exact) mass is 883 g/mol. The van der Waals surface area contributed by atoms with E-state index in [2.05, 4.69) is 103 Å². The topological polar surface area (TPSA) is 50.2 Å². The summed E-state index contributed by atoms with van der Waals surface area (Å²) in [5.41, 5.74) is 6.59. The minimum absolute atomic E-state index is 0. The maximum Gasteiger partial charge on any atom is 0.164 e. The molecule has 0 bridgehead atoms. The molecule has 0 saturated heterocycles. The van der Waals surface area contributed by atoms with Gasteiger partial charge in [0.05, 0.1) is 5.52 Å². The van der Waals surface area contributed by atoms with Gasteiger partial charge in [0.1, 0.15) is 5.76 Å². The average Bonchev–Trinajstić information content (AvgIpc) is 3.48. The number of carbonyl (C=O) groups is 1. The minimum atomic E-state index is -0.337. The van der Waals surface area contributed by atoms with Crippen LogP contribution in [-0.2, 0) is 36.7 Å². The molecule has 3 nitrogen and oxygen atoms in total. The molecule has 0 amide bonds. The van der Waals surface area contributed by atoms with Crippen molar-refractivity contribution in [3.05, 3.63) is 88.0 Å². The Balaban J connectivity index is 0.000000335. The SMILES string of the molecule is CCC(C)(CC)C(=O)/C=C(\O)C(C)(CC)CC.Cc1cc(C)c2c(c1)nc(-c1[c-]c3ccccc3c(C(C)(C)C)c1)c1cc(CC(C)C)sc12.[Ir]. The summed E-state index contributed by atoms with van der Waals surface area (Å²) in [7, 11) is 0. The Morgan fingerprint density at radius 2 is 1.49 bits per heavy atom. The molecule has 5 heteroatoms. The molecule has 5 rings (SSSR count). The summed E-state index contributed by atoms with van der Waals surface area (Å²) in [6.45, 7) is 27.9. The van der Waals surface area contributed by atoms with E-state index in [0.717, 1.165) is 54.3 Å². The summed E-state index contributed by atoms with van der Waals surface area (Å²) in [5.74, 6) is 0.914. The van der Waals surface area contributed by atoms with Gasteiger partial charge in [0.25, 0.3) is 0 Å². The van der Waals surface area contributed by atoms with Crippen LogP contribution in [-0.4, -0.2) is 15.9 Å². The van der Waals surface area contributed by atoms with Crippen LogP contribution in [0.4, 0.5) is 0 Å². The molecule has 1 radical (unpaired) electrons. The first-order valence-corrected chi connectivity index (χ1v) is 19.5. The molecular formula is C46H60IrNO2S-. The fourth-order valence-electron chi connectivity index (χ4n) is 6.68. The van der Waals surface area contributed by atoms with Gasteiger partial charge in [-0.15, -0.1) is 40.5 Å². The third-order valence-electron chi connectivity index (χ3n) is 11.0. The van der Waals surface area contributed by atoms with Gasteiger partial charge >= 0.3 is 0 Å². The molecule has 2 heterocycles. The molecule has 3 aromatic carbocycles. The standard InChI is InChI=1S/C31H32NS.C15H28O2.Ir/c1-18(2)12-23-17-25-29(32-27-14-19(3)13-20(4)28(27)30(25)33-23)22-15-21-10-8-9-11-24(21)26(16-22)31(5,6)7;1-7-14(5,8-2)12(16)11-13(17)15(6,9-3)10-4;/h8-11,13-14,16-18H,12H2,1-7H3;11,16H,7-10H2,1-6H3;/q-1;;/b;12-11-;. The average molecular weight is 883 g/mol. The summed E-state index contributed by atoms with van der Waals surface area (Å²) in [4.78, 5) is 18.9. The first-order chi connectivity index (χ1) is 23.4. The minimum Gasteiger partial charge on any atom is -0.512 e. The van der Waals surface area contributed by atoms with Crippen molar-refractivity contribution in [1.29, 1.82) is 0 Å². The van der Waals surface area contributed by atoms with E-state index >= 15 is 0 Å². The number of rotatable bonds is 10. The Kier molecular flexibility index (Phi) is 14.1. The predicted molar refractivity (Wildman–Crippen MR) is 219 cm³/mol. The Labute approximate surface area is 325 Å². The number of thiophene rings is 1. The van der Waals surface area contributed by atoms with Crippen molar-refractivity contribution in [3.8, 4) is 11.3 Å². The molecule has 1 N–H and O–H groups in total. The number of benzene rings is 3. The van der Waals surface area contributed by atoms with Crippen LogP contribution in [0.2, 0.25) is 0 Å². The number of allylic oxidation sites excluding steroid dienone is 2. The fraction of sp³-hybridized carbons (Fsp3) is 0.478. The van der Waals surface area contributed by atoms with Crippen LogP contribution in [0.5, 0.6) is 0 Å². The van der Waals surface area contributed by atoms with Gasteiger partial charge < -0.3 is 5.11 Å². The van der Waals surface area contributed by atoms with Gasteiger partial charge in [0.15, 0.2) is 5.78 Å². The summed E-state index contributed by atoms with van der Waals surface area (Å²) in [6.07, 6.45) is 5.85. The van der Waals surface area contributed by atoms with Crippen molar-refractivity contribution in [1.82, 2.24) is 4.98 Å². The molecule has 0 aliphatic carbocycles. The zero-order chi connectivity index (χ0) is 37.2. The number of nitrogens with zero attached hydrogens (tertiary/aromatic N) is 1. The van der Waals surface area contributed by atoms with Crippen LogP contribution >= 0.6 is 11.3 Å². The molecule has 0 aliphatic heterocycles. The van der Waals surface area contributed by atoms with Gasteiger partial charge in [0, 0.05) is 57.7 Å². The molecule has 5 aromatic rings. The van der Waals surface area contributed by atoms with Crippen LogP contribution < -0.4 is 0 Å². The van der Waals surface area contributed by atoms with E-state index in [1.807, 2.05) is 52.9 Å². The number of aliphatic hydroxyl groups is 1. The number of ketones is 1. The second kappa shape index (κ2) is 16.9. The van der Waals surface area contributed by atoms with Gasteiger partial charge in [-0.05, 0) is 85.9 Å². The molecular weight excluding hydrogens is 823 g/mol. The number of pyridine rings is 1. The van der Waals surface area contributed by atoms with Crippen molar-refractivity contribution in [2.45, 2.75) is 128 Å². The van der Waals surface area contributed by atoms with Crippen LogP contribution in [0, 0.1) is 36.7 Å². The summed E-state index contributed by atoms with van der Waals surface area (Å²) in [5, 5.41) is 15.1. The molecule has 0 unspecified atom stereocenters. The van der Waals surface area contributed by atoms with Gasteiger partial charge in [-0.1, -0.05) is 111 Å². The van der Waals surface area contributed by atoms with Crippen molar-refractivity contribution in [3.63, 3.8) is 0 Å². The molecule has 2 aromatic heterocycles. The first-order valence-electron chi connectivity index (χ1n) is 18.7. The largest absolute Gasteiger partial charge is 0.512 e. The second-order valence-electron chi connectivity index (χ2n) is 16.3. The smallest absolute Gasteiger partial charge is 0.164 e. The Bertz CT molecular complexity index is 2020. The number of hydrogen-bond acceptors (Lipinski definition) is 4. The maximum atomic E-state index is 12.2. The fourth-order valence-corrected chi connectivity index (χ4v) is 8.17. The summed E-state index contributed by atoms with van der Waals surface area (Å²) < 4.78 is 1.36. The van der Waals surface area contributed by atoms with Crippen LogP contribution in [0.1, 0.15) is 123 Å². The maximum absolute atomic E-state index is 12.2. The molecule has 51 heavy (non-hydrogen) atoms. The predicted octanol–water partition coefficient (Wildman–Crippen LogP) is 13.8. The summed E-state index contributed by atoms with van der Waals surface area (Å²) >= 11 is 1.94. The Morgan fingerprint density at radius 3 is 2.06 bits per heavy atom. The van der Waals surface area contributed by atoms with Crippen molar-refractivity contribution in [2.24, 2.45) is 16.7 Å². The van der Waals surface area contributed by atoms with Gasteiger partial charge in [-0.3, -0.25) is 9.78 Å². The number of carbonyl (C=O) groups excluding carboxylic acids is 1. The van der Waals surface area contributed by atoms with Gasteiger partial charge in [-0.2, -0.15) is 0 Å². The van der Waals surface area contributed by atoms with Crippen molar-refractivity contribution >= 4 is 48.9 Å². The number of aromatic nitrogens is 1. The van der Waals surface area contributed by atoms with E-state index in [-0.39, 0.29) is 47.9 Å². The number of hydrogen-bond donors (Lipinski definition) is 1. The van der Waals surface area contributed by atoms with Gasteiger partial charge in [0.2, 0.25) is 0 Å². The van der Waals surface area contributed by atoms with E-state index < -0.39 is 0 Å². The number of aryl methyl sites for hydroxylation is 2. The third-order valence-corrected chi connectivity index (χ3v) is 12.2. The normalized spacial score (nSPS) is 12.7. The zero-order valence-electron chi connectivity index (χ0n) is 33.4. The summed E-state index contributed by atoms with van der Waals surface area (Å²) in [6, 6.07) is 21.6. The van der Waals surface area contributed by atoms with Crippen molar-refractivity contribution in [2.75, 3.05) is 0 Å². The number of fused-ring (bicyclic) bond motifs is 4. The van der Waals surface area contributed by atoms with Crippen LogP contribution in [0.15, 0.2) is 60.4 Å². The van der Waals surface area contributed by atoms with E-state index in [0.29, 0.717) is 5.92 Å². The van der Waals surface area contributed by atoms with E-state index in [4.69, 9.17) is 4.98 Å². The second-order valence-corrected chi connectivity index (χ2v) is 17.4. The van der Waals surface area contributed by atoms with Crippen molar-refractivity contribution < 1.29 is 30.0 Å². The van der Waals surface area contributed by atoms with Gasteiger partial charge in [-0.25, -0.2) is 0 Å². The number of aliphatic hydroxyl groups excluding tert-OH is 1. The van der Waals surface area contributed by atoms with E-state index in [1.54, 1.807) is 0 Å². The van der Waals surface area contributed by atoms with Crippen LogP contribution in [0.3, 0.4) is 0 Å².